The number of aromatic nitrogens is 2. The summed E-state index contributed by atoms with van der Waals surface area (Å²) in [4.78, 5) is 42.6. The van der Waals surface area contributed by atoms with Crippen LogP contribution in [0.3, 0.4) is 0 Å². The fourth-order valence-corrected chi connectivity index (χ4v) is 4.34. The number of hydrogen-bond donors (Lipinski definition) is 1. The minimum Gasteiger partial charge on any atom is -0.512 e. The Kier molecular flexibility index (Phi) is 9.82. The van der Waals surface area contributed by atoms with Gasteiger partial charge in [0.15, 0.2) is 12.3 Å². The summed E-state index contributed by atoms with van der Waals surface area (Å²) < 4.78 is 24.3. The lowest BCUT2D eigenvalue weighted by molar-refractivity contribution is -0.0657. The number of carbonyl (C=O) groups is 2. The number of carbonyl (C=O) groups excluding carboxylic acids is 2. The number of aliphatic hydroxyl groups is 1. The minimum atomic E-state index is -1.04. The van der Waals surface area contributed by atoms with Crippen LogP contribution >= 0.6 is 0 Å². The largest absolute Gasteiger partial charge is 0.512 e. The highest BCUT2D eigenvalue weighted by atomic mass is 16.6. The number of rotatable bonds is 11. The fourth-order valence-electron chi connectivity index (χ4n) is 4.34. The number of benzene rings is 2. The molecule has 10 nitrogen and oxygen atoms in total. The molecule has 10 heteroatoms. The minimum absolute atomic E-state index is 0.131. The van der Waals surface area contributed by atoms with Crippen molar-refractivity contribution in [3.05, 3.63) is 106 Å². The van der Waals surface area contributed by atoms with Gasteiger partial charge in [0.25, 0.3) is 0 Å². The molecule has 0 saturated carbocycles. The van der Waals surface area contributed by atoms with Crippen LogP contribution in [-0.2, 0) is 18.9 Å². The van der Waals surface area contributed by atoms with Crippen LogP contribution < -0.4 is 5.69 Å². The molecule has 40 heavy (non-hydrogen) atoms. The Balaban J connectivity index is 1.58. The molecule has 1 aromatic heterocycles. The molecule has 0 amide bonds. The summed E-state index contributed by atoms with van der Waals surface area (Å²) >= 11 is 0. The molecule has 1 N–H and O–H groups in total. The second-order valence-corrected chi connectivity index (χ2v) is 9.25. The highest BCUT2D eigenvalue weighted by molar-refractivity contribution is 5.90. The smallest absolute Gasteiger partial charge is 0.350 e. The van der Waals surface area contributed by atoms with Crippen LogP contribution in [-0.4, -0.2) is 58.6 Å². The van der Waals surface area contributed by atoms with Crippen molar-refractivity contribution in [2.24, 2.45) is 0 Å². The van der Waals surface area contributed by atoms with E-state index < -0.39 is 42.2 Å². The van der Waals surface area contributed by atoms with Crippen LogP contribution in [0.15, 0.2) is 83.5 Å². The number of esters is 2. The van der Waals surface area contributed by atoms with Crippen LogP contribution in [0.5, 0.6) is 0 Å². The van der Waals surface area contributed by atoms with E-state index in [2.05, 4.69) is 4.98 Å². The lowest BCUT2D eigenvalue weighted by Gasteiger charge is -2.23. The Morgan fingerprint density at radius 2 is 1.65 bits per heavy atom. The first-order chi connectivity index (χ1) is 19.4. The summed E-state index contributed by atoms with van der Waals surface area (Å²) in [7, 11) is 1.41. The van der Waals surface area contributed by atoms with Gasteiger partial charge in [0.05, 0.1) is 22.6 Å². The van der Waals surface area contributed by atoms with Crippen LogP contribution in [0, 0.1) is 0 Å². The maximum atomic E-state index is 13.0. The molecule has 3 aromatic rings. The summed E-state index contributed by atoms with van der Waals surface area (Å²) in [6, 6.07) is 18.4. The van der Waals surface area contributed by atoms with Crippen molar-refractivity contribution in [3.8, 4) is 0 Å². The van der Waals surface area contributed by atoms with E-state index in [1.165, 1.54) is 23.9 Å². The molecule has 0 aliphatic carbocycles. The molecule has 1 fully saturated rings. The average Bonchev–Trinajstić information content (AvgIpc) is 3.32. The van der Waals surface area contributed by atoms with Gasteiger partial charge in [-0.1, -0.05) is 49.7 Å². The van der Waals surface area contributed by atoms with Crippen molar-refractivity contribution in [2.75, 3.05) is 13.7 Å². The van der Waals surface area contributed by atoms with Crippen molar-refractivity contribution in [1.29, 1.82) is 0 Å². The third-order valence-corrected chi connectivity index (χ3v) is 6.43. The predicted molar refractivity (Wildman–Crippen MR) is 146 cm³/mol. The number of allylic oxidation sites excluding steroid dienone is 1. The molecular weight excluding hydrogens is 516 g/mol. The van der Waals surface area contributed by atoms with E-state index in [-0.39, 0.29) is 12.4 Å². The van der Waals surface area contributed by atoms with Gasteiger partial charge in [-0.05, 0) is 36.8 Å². The van der Waals surface area contributed by atoms with Crippen LogP contribution in [0.25, 0.3) is 6.08 Å². The van der Waals surface area contributed by atoms with Gasteiger partial charge in [0, 0.05) is 25.8 Å². The van der Waals surface area contributed by atoms with E-state index >= 15 is 0 Å². The zero-order chi connectivity index (χ0) is 28.5. The Labute approximate surface area is 231 Å². The van der Waals surface area contributed by atoms with Gasteiger partial charge < -0.3 is 24.1 Å². The van der Waals surface area contributed by atoms with Gasteiger partial charge in [0.2, 0.25) is 0 Å². The first kappa shape index (κ1) is 28.7. The van der Waals surface area contributed by atoms with E-state index in [9.17, 15) is 19.5 Å². The molecule has 1 aliphatic heterocycles. The molecule has 0 unspecified atom stereocenters. The summed E-state index contributed by atoms with van der Waals surface area (Å²) in [5, 5.41) is 10.1. The standard InChI is InChI=1S/C30H32N2O8/c1-3-4-15-23(33)18-22-16-17-32(30(36)31-22)27-26(37-2)25(40-29(35)21-13-9-6-10-14-21)24(39-27)19-38-28(34)20-11-7-5-8-12-20/h5-14,16-18,24-27,33H,3-4,15,19H2,1-2H3/b23-18-/t24-,25-,26-,27-/m1/s1. The molecule has 0 radical (unpaired) electrons. The normalized spacial score (nSPS) is 20.7. The van der Waals surface area contributed by atoms with Gasteiger partial charge in [-0.2, -0.15) is 4.98 Å². The molecular formula is C30H32N2O8. The Hall–Kier alpha value is -4.28. The molecule has 1 aliphatic rings. The van der Waals surface area contributed by atoms with Crippen molar-refractivity contribution < 1.29 is 33.6 Å². The monoisotopic (exact) mass is 548 g/mol. The van der Waals surface area contributed by atoms with E-state index in [0.717, 1.165) is 12.8 Å². The summed E-state index contributed by atoms with van der Waals surface area (Å²) in [5.41, 5.74) is 0.310. The first-order valence-electron chi connectivity index (χ1n) is 13.1. The molecule has 1 saturated heterocycles. The number of unbranched alkanes of at least 4 members (excludes halogenated alkanes) is 1. The van der Waals surface area contributed by atoms with E-state index in [1.807, 2.05) is 6.92 Å². The topological polar surface area (TPSA) is 126 Å². The Morgan fingerprint density at radius 1 is 1.00 bits per heavy atom. The van der Waals surface area contributed by atoms with Crippen molar-refractivity contribution in [1.82, 2.24) is 9.55 Å². The maximum Gasteiger partial charge on any atom is 0.350 e. The lowest BCUT2D eigenvalue weighted by atomic mass is 10.1. The number of nitrogens with zero attached hydrogens (tertiary/aromatic N) is 2. The van der Waals surface area contributed by atoms with Crippen molar-refractivity contribution >= 4 is 18.0 Å². The zero-order valence-electron chi connectivity index (χ0n) is 22.3. The van der Waals surface area contributed by atoms with E-state index in [1.54, 1.807) is 66.7 Å². The van der Waals surface area contributed by atoms with Crippen LogP contribution in [0.1, 0.15) is 58.8 Å². The van der Waals surface area contributed by atoms with Gasteiger partial charge >= 0.3 is 17.6 Å². The maximum absolute atomic E-state index is 13.0. The summed E-state index contributed by atoms with van der Waals surface area (Å²) in [5.74, 6) is -1.07. The highest BCUT2D eigenvalue weighted by Crippen LogP contribution is 2.33. The lowest BCUT2D eigenvalue weighted by Crippen LogP contribution is -2.41. The van der Waals surface area contributed by atoms with E-state index in [0.29, 0.717) is 23.2 Å². The summed E-state index contributed by atoms with van der Waals surface area (Å²) in [6.07, 6.45) is 1.21. The van der Waals surface area contributed by atoms with Gasteiger partial charge in [-0.15, -0.1) is 0 Å². The van der Waals surface area contributed by atoms with Gasteiger partial charge in [-0.25, -0.2) is 14.4 Å². The molecule has 2 heterocycles. The number of hydrogen-bond acceptors (Lipinski definition) is 9. The fraction of sp³-hybridized carbons (Fsp3) is 0.333. The van der Waals surface area contributed by atoms with Gasteiger partial charge in [-0.3, -0.25) is 4.57 Å². The SMILES string of the molecule is CCCC/C(O)=C/c1ccn([C@@H]2O[C@H](COC(=O)c3ccccc3)[C@@H](OC(=O)c3ccccc3)[C@H]2OC)c(=O)n1. The second-order valence-electron chi connectivity index (χ2n) is 9.25. The van der Waals surface area contributed by atoms with Crippen molar-refractivity contribution in [2.45, 2.75) is 50.7 Å². The van der Waals surface area contributed by atoms with E-state index in [4.69, 9.17) is 18.9 Å². The molecule has 4 rings (SSSR count). The molecule has 210 valence electrons. The summed E-state index contributed by atoms with van der Waals surface area (Å²) in [6.45, 7) is 1.76. The third kappa shape index (κ3) is 7.02. The first-order valence-corrected chi connectivity index (χ1v) is 13.1. The zero-order valence-corrected chi connectivity index (χ0v) is 22.3. The molecule has 2 aromatic carbocycles. The quantitative estimate of drug-likeness (QED) is 0.275. The van der Waals surface area contributed by atoms with Crippen LogP contribution in [0.4, 0.5) is 0 Å². The second kappa shape index (κ2) is 13.7. The molecule has 4 atom stereocenters. The highest BCUT2D eigenvalue weighted by Gasteiger charge is 2.49. The average molecular weight is 549 g/mol. The van der Waals surface area contributed by atoms with Gasteiger partial charge in [0.1, 0.15) is 18.8 Å². The van der Waals surface area contributed by atoms with Crippen LogP contribution in [0.2, 0.25) is 0 Å². The number of methoxy groups -OCH3 is 1. The Morgan fingerprint density at radius 3 is 2.25 bits per heavy atom. The number of aliphatic hydroxyl groups excluding tert-OH is 1. The molecule has 0 spiro atoms. The molecule has 0 bridgehead atoms. The Bertz CT molecular complexity index is 1370. The number of ether oxygens (including phenoxy) is 4. The third-order valence-electron chi connectivity index (χ3n) is 6.43. The van der Waals surface area contributed by atoms with Crippen molar-refractivity contribution in [3.63, 3.8) is 0 Å². The predicted octanol–water partition coefficient (Wildman–Crippen LogP) is 4.33.